The van der Waals surface area contributed by atoms with Gasteiger partial charge in [0, 0.05) is 42.2 Å². The van der Waals surface area contributed by atoms with Gasteiger partial charge in [0.25, 0.3) is 0 Å². The number of rotatable bonds is 3. The second-order valence-electron chi connectivity index (χ2n) is 12.6. The van der Waals surface area contributed by atoms with Crippen molar-refractivity contribution in [1.29, 1.82) is 0 Å². The Morgan fingerprint density at radius 3 is 2.20 bits per heavy atom. The molecule has 0 bridgehead atoms. The minimum Gasteiger partial charge on any atom is -0.456 e. The van der Waals surface area contributed by atoms with E-state index in [1.54, 1.807) is 0 Å². The predicted molar refractivity (Wildman–Crippen MR) is 196 cm³/mol. The van der Waals surface area contributed by atoms with Crippen molar-refractivity contribution in [2.24, 2.45) is 5.92 Å². The maximum Gasteiger partial charge on any atom is 0.135 e. The van der Waals surface area contributed by atoms with Gasteiger partial charge in [0.15, 0.2) is 0 Å². The normalized spacial score (nSPS) is 14.7. The van der Waals surface area contributed by atoms with Crippen molar-refractivity contribution in [2.45, 2.75) is 13.3 Å². The molecule has 1 aliphatic rings. The zero-order valence-electron chi connectivity index (χ0n) is 25.3. The molecule has 9 aromatic rings. The molecule has 1 aliphatic carbocycles. The fraction of sp³-hybridized carbons (Fsp3) is 0.0698. The Morgan fingerprint density at radius 1 is 0.587 bits per heavy atom. The number of para-hydroxylation sites is 2. The van der Waals surface area contributed by atoms with Crippen LogP contribution < -0.4 is 0 Å². The summed E-state index contributed by atoms with van der Waals surface area (Å²) in [6.45, 7) is 2.30. The quantitative estimate of drug-likeness (QED) is 0.195. The van der Waals surface area contributed by atoms with Crippen molar-refractivity contribution in [1.82, 2.24) is 4.57 Å². The van der Waals surface area contributed by atoms with E-state index in [-0.39, 0.29) is 0 Å². The van der Waals surface area contributed by atoms with E-state index in [2.05, 4.69) is 139 Å². The molecule has 0 spiro atoms. The average Bonchev–Trinajstić information content (AvgIpc) is 3.76. The van der Waals surface area contributed by atoms with Crippen molar-refractivity contribution in [3.8, 4) is 27.9 Å². The first-order chi connectivity index (χ1) is 22.7. The molecular weight excluding hydrogens is 579 g/mol. The van der Waals surface area contributed by atoms with Crippen LogP contribution in [0.2, 0.25) is 0 Å². The lowest BCUT2D eigenvalue weighted by atomic mass is 9.94. The smallest absolute Gasteiger partial charge is 0.135 e. The Labute approximate surface area is 270 Å². The highest BCUT2D eigenvalue weighted by molar-refractivity contribution is 7.19. The first-order valence-corrected chi connectivity index (χ1v) is 16.8. The Balaban J connectivity index is 1.10. The summed E-state index contributed by atoms with van der Waals surface area (Å²) in [6, 6.07) is 46.5. The van der Waals surface area contributed by atoms with Gasteiger partial charge in [-0.25, -0.2) is 0 Å². The number of aromatic nitrogens is 1. The second-order valence-corrected chi connectivity index (χ2v) is 13.8. The number of fused-ring (bicyclic) bond motifs is 9. The van der Waals surface area contributed by atoms with Crippen LogP contribution >= 0.6 is 11.3 Å². The lowest BCUT2D eigenvalue weighted by Crippen LogP contribution is -1.99. The summed E-state index contributed by atoms with van der Waals surface area (Å²) in [5.74, 6) is 0.614. The highest BCUT2D eigenvalue weighted by Gasteiger charge is 2.18. The summed E-state index contributed by atoms with van der Waals surface area (Å²) >= 11 is 1.95. The molecule has 2 nitrogen and oxygen atoms in total. The van der Waals surface area contributed by atoms with E-state index in [1.165, 1.54) is 64.6 Å². The molecule has 6 aromatic carbocycles. The van der Waals surface area contributed by atoms with E-state index in [9.17, 15) is 0 Å². The van der Waals surface area contributed by atoms with E-state index in [1.807, 2.05) is 23.5 Å². The molecule has 3 heterocycles. The largest absolute Gasteiger partial charge is 0.456 e. The lowest BCUT2D eigenvalue weighted by molar-refractivity contribution is 0.669. The van der Waals surface area contributed by atoms with Crippen molar-refractivity contribution >= 4 is 71.2 Å². The molecule has 1 unspecified atom stereocenters. The van der Waals surface area contributed by atoms with Gasteiger partial charge in [-0.15, -0.1) is 11.3 Å². The van der Waals surface area contributed by atoms with E-state index in [0.717, 1.165) is 34.0 Å². The third-order valence-corrected chi connectivity index (χ3v) is 10.9. The number of thiophene rings is 1. The first-order valence-electron chi connectivity index (χ1n) is 16.0. The van der Waals surface area contributed by atoms with Crippen LogP contribution in [0.3, 0.4) is 0 Å². The monoisotopic (exact) mass is 607 g/mol. The molecule has 10 rings (SSSR count). The van der Waals surface area contributed by atoms with Crippen LogP contribution in [-0.2, 0) is 6.42 Å². The van der Waals surface area contributed by atoms with E-state index in [0.29, 0.717) is 5.92 Å². The third-order valence-electron chi connectivity index (χ3n) is 9.72. The number of hydrogen-bond acceptors (Lipinski definition) is 2. The number of hydrogen-bond donors (Lipinski definition) is 0. The van der Waals surface area contributed by atoms with Gasteiger partial charge < -0.3 is 8.98 Å². The average molecular weight is 608 g/mol. The molecule has 46 heavy (non-hydrogen) atoms. The Morgan fingerprint density at radius 2 is 1.30 bits per heavy atom. The molecule has 0 aliphatic heterocycles. The minimum atomic E-state index is 0.614. The van der Waals surface area contributed by atoms with Crippen LogP contribution in [0, 0.1) is 5.92 Å². The predicted octanol–water partition coefficient (Wildman–Crippen LogP) is 12.4. The van der Waals surface area contributed by atoms with Gasteiger partial charge in [0.1, 0.15) is 11.2 Å². The summed E-state index contributed by atoms with van der Waals surface area (Å²) in [5.41, 5.74) is 11.7. The Kier molecular flexibility index (Phi) is 5.52. The van der Waals surface area contributed by atoms with Gasteiger partial charge in [-0.05, 0) is 101 Å². The Hall–Kier alpha value is -5.38. The zero-order valence-corrected chi connectivity index (χ0v) is 26.1. The van der Waals surface area contributed by atoms with Crippen LogP contribution in [0.25, 0.3) is 87.8 Å². The fourth-order valence-electron chi connectivity index (χ4n) is 7.46. The summed E-state index contributed by atoms with van der Waals surface area (Å²) in [7, 11) is 0. The van der Waals surface area contributed by atoms with E-state index in [4.69, 9.17) is 4.42 Å². The van der Waals surface area contributed by atoms with Gasteiger partial charge in [-0.3, -0.25) is 0 Å². The van der Waals surface area contributed by atoms with Crippen molar-refractivity contribution < 1.29 is 4.42 Å². The minimum absolute atomic E-state index is 0.614. The number of furan rings is 1. The van der Waals surface area contributed by atoms with E-state index >= 15 is 0 Å². The summed E-state index contributed by atoms with van der Waals surface area (Å²) in [5, 5.41) is 6.16. The molecule has 218 valence electrons. The molecule has 0 saturated carbocycles. The Bertz CT molecular complexity index is 2700. The van der Waals surface area contributed by atoms with Gasteiger partial charge in [-0.1, -0.05) is 85.8 Å². The van der Waals surface area contributed by atoms with Crippen LogP contribution in [0.1, 0.15) is 17.4 Å². The molecule has 0 N–H and O–H groups in total. The third kappa shape index (κ3) is 3.88. The summed E-state index contributed by atoms with van der Waals surface area (Å²) in [4.78, 5) is 1.52. The molecule has 3 heteroatoms. The van der Waals surface area contributed by atoms with Gasteiger partial charge in [0.2, 0.25) is 0 Å². The standard InChI is InChI=1S/C43H29NOS/c1-26-13-17-34-37-24-30(15-20-42(37)46-43(34)21-26)28-8-6-7-27(22-28)29-14-18-39-35(23-29)32-9-2-4-11-38(32)44(39)31-16-19-41-36(25-31)33-10-3-5-12-40(33)45-41/h2-20,22-26H,21H2,1H3. The van der Waals surface area contributed by atoms with Crippen molar-refractivity contribution in [3.63, 3.8) is 0 Å². The highest BCUT2D eigenvalue weighted by atomic mass is 32.1. The summed E-state index contributed by atoms with van der Waals surface area (Å²) < 4.78 is 9.91. The van der Waals surface area contributed by atoms with Crippen LogP contribution in [0.15, 0.2) is 138 Å². The maximum absolute atomic E-state index is 6.14. The van der Waals surface area contributed by atoms with Gasteiger partial charge in [-0.2, -0.15) is 0 Å². The van der Waals surface area contributed by atoms with Crippen LogP contribution in [0.5, 0.6) is 0 Å². The lowest BCUT2D eigenvalue weighted by Gasteiger charge is -2.11. The SMILES string of the molecule is CC1C=Cc2c(sc3ccc(-c4cccc(-c5ccc6c(c5)c5ccccc5n6-c5ccc6oc7ccccc7c6c5)c4)cc23)C1. The molecular formula is C43H29NOS. The number of benzene rings is 6. The van der Waals surface area contributed by atoms with Crippen molar-refractivity contribution in [3.05, 3.63) is 144 Å². The molecule has 0 saturated heterocycles. The van der Waals surface area contributed by atoms with Gasteiger partial charge in [0.05, 0.1) is 11.0 Å². The van der Waals surface area contributed by atoms with Gasteiger partial charge >= 0.3 is 0 Å². The fourth-order valence-corrected chi connectivity index (χ4v) is 8.78. The van der Waals surface area contributed by atoms with Crippen LogP contribution in [0.4, 0.5) is 0 Å². The first kappa shape index (κ1) is 25.9. The molecule has 3 aromatic heterocycles. The second kappa shape index (κ2) is 9.81. The molecule has 0 fully saturated rings. The number of nitrogens with zero attached hydrogens (tertiary/aromatic N) is 1. The van der Waals surface area contributed by atoms with E-state index < -0.39 is 0 Å². The molecule has 1 atom stereocenters. The van der Waals surface area contributed by atoms with Crippen molar-refractivity contribution in [2.75, 3.05) is 0 Å². The highest BCUT2D eigenvalue weighted by Crippen LogP contribution is 2.41. The molecule has 0 radical (unpaired) electrons. The molecule has 0 amide bonds. The summed E-state index contributed by atoms with van der Waals surface area (Å²) in [6.07, 6.45) is 5.83. The zero-order chi connectivity index (χ0) is 30.4. The maximum atomic E-state index is 6.14. The topological polar surface area (TPSA) is 18.1 Å². The van der Waals surface area contributed by atoms with Crippen LogP contribution in [-0.4, -0.2) is 4.57 Å². The number of allylic oxidation sites excluding steroid dienone is 1.